The van der Waals surface area contributed by atoms with Gasteiger partial charge in [-0.2, -0.15) is 5.26 Å². The highest BCUT2D eigenvalue weighted by molar-refractivity contribution is 5.99. The number of carbonyl (C=O) groups excluding carboxylic acids is 1. The lowest BCUT2D eigenvalue weighted by Gasteiger charge is -2.38. The van der Waals surface area contributed by atoms with Crippen LogP contribution in [0.1, 0.15) is 24.5 Å². The molecule has 1 aliphatic heterocycles. The topological polar surface area (TPSA) is 56.1 Å². The summed E-state index contributed by atoms with van der Waals surface area (Å²) < 4.78 is 0. The summed E-state index contributed by atoms with van der Waals surface area (Å²) in [4.78, 5) is 14.3. The molecule has 0 aliphatic carbocycles. The Morgan fingerprint density at radius 3 is 2.84 bits per heavy atom. The van der Waals surface area contributed by atoms with Crippen LogP contribution >= 0.6 is 0 Å². The van der Waals surface area contributed by atoms with Crippen LogP contribution in [0.25, 0.3) is 0 Å². The molecule has 0 saturated carbocycles. The lowest BCUT2D eigenvalue weighted by atomic mass is 10.0. The number of anilines is 1. The minimum absolute atomic E-state index is 0.00717. The maximum Gasteiger partial charge on any atom is 0.245 e. The van der Waals surface area contributed by atoms with E-state index in [0.717, 1.165) is 11.3 Å². The minimum Gasteiger partial charge on any atom is -0.307 e. The van der Waals surface area contributed by atoms with Crippen LogP contribution in [0.15, 0.2) is 18.2 Å². The van der Waals surface area contributed by atoms with Gasteiger partial charge in [0, 0.05) is 18.3 Å². The van der Waals surface area contributed by atoms with Crippen molar-refractivity contribution in [2.75, 3.05) is 11.4 Å². The van der Waals surface area contributed by atoms with Crippen LogP contribution in [0.4, 0.5) is 5.69 Å². The molecule has 1 fully saturated rings. The van der Waals surface area contributed by atoms with Gasteiger partial charge in [-0.1, -0.05) is 17.7 Å². The Morgan fingerprint density at radius 1 is 1.47 bits per heavy atom. The van der Waals surface area contributed by atoms with E-state index >= 15 is 0 Å². The number of hydrogen-bond donors (Lipinski definition) is 1. The fourth-order valence-electron chi connectivity index (χ4n) is 2.56. The summed E-state index contributed by atoms with van der Waals surface area (Å²) in [5.74, 6) is -0.00717. The van der Waals surface area contributed by atoms with Crippen molar-refractivity contribution < 1.29 is 4.79 Å². The molecule has 0 bridgehead atoms. The lowest BCUT2D eigenvalue weighted by Crippen LogP contribution is -2.59. The van der Waals surface area contributed by atoms with Gasteiger partial charge in [0.2, 0.25) is 5.91 Å². The molecule has 1 aromatic rings. The molecule has 0 aromatic heterocycles. The van der Waals surface area contributed by atoms with E-state index in [4.69, 9.17) is 5.26 Å². The highest BCUT2D eigenvalue weighted by atomic mass is 16.2. The van der Waals surface area contributed by atoms with Gasteiger partial charge >= 0.3 is 0 Å². The van der Waals surface area contributed by atoms with Crippen LogP contribution in [0.2, 0.25) is 0 Å². The van der Waals surface area contributed by atoms with Gasteiger partial charge in [-0.05, 0) is 32.4 Å². The van der Waals surface area contributed by atoms with Crippen molar-refractivity contribution in [3.63, 3.8) is 0 Å². The zero-order chi connectivity index (χ0) is 14.0. The zero-order valence-electron chi connectivity index (χ0n) is 11.6. The molecule has 0 radical (unpaired) electrons. The van der Waals surface area contributed by atoms with Gasteiger partial charge < -0.3 is 10.2 Å². The van der Waals surface area contributed by atoms with Crippen molar-refractivity contribution in [1.29, 1.82) is 5.26 Å². The summed E-state index contributed by atoms with van der Waals surface area (Å²) in [5, 5.41) is 11.9. The number of carbonyl (C=O) groups is 1. The van der Waals surface area contributed by atoms with E-state index in [1.807, 2.05) is 37.8 Å². The molecular weight excluding hydrogens is 238 g/mol. The van der Waals surface area contributed by atoms with Crippen LogP contribution in [0.3, 0.4) is 0 Å². The summed E-state index contributed by atoms with van der Waals surface area (Å²) in [6.07, 6.45) is 0.215. The second-order valence-corrected chi connectivity index (χ2v) is 5.17. The number of nitrogens with zero attached hydrogens (tertiary/aromatic N) is 2. The number of nitrogens with one attached hydrogen (secondary N) is 1. The predicted molar refractivity (Wildman–Crippen MR) is 74.9 cm³/mol. The van der Waals surface area contributed by atoms with E-state index in [9.17, 15) is 4.79 Å². The SMILES string of the molecule is Cc1ccc(N2C(=O)C(CC#N)NCC2C)c(C)c1. The van der Waals surface area contributed by atoms with Crippen LogP contribution in [-0.2, 0) is 4.79 Å². The Hall–Kier alpha value is -1.86. The Morgan fingerprint density at radius 2 is 2.21 bits per heavy atom. The third-order valence-corrected chi connectivity index (χ3v) is 3.54. The monoisotopic (exact) mass is 257 g/mol. The second-order valence-electron chi connectivity index (χ2n) is 5.17. The molecule has 1 amide bonds. The maximum atomic E-state index is 12.5. The summed E-state index contributed by atoms with van der Waals surface area (Å²) >= 11 is 0. The molecule has 100 valence electrons. The molecule has 4 heteroatoms. The largest absolute Gasteiger partial charge is 0.307 e. The molecule has 2 atom stereocenters. The molecule has 1 aromatic carbocycles. The van der Waals surface area contributed by atoms with Gasteiger partial charge in [0.05, 0.1) is 12.5 Å². The molecule has 2 unspecified atom stereocenters. The average Bonchev–Trinajstić information content (AvgIpc) is 2.35. The third kappa shape index (κ3) is 2.61. The molecule has 1 heterocycles. The van der Waals surface area contributed by atoms with Crippen LogP contribution in [-0.4, -0.2) is 24.5 Å². The quantitative estimate of drug-likeness (QED) is 0.880. The Bertz CT molecular complexity index is 533. The van der Waals surface area contributed by atoms with Crippen LogP contribution < -0.4 is 10.2 Å². The molecule has 1 aliphatic rings. The van der Waals surface area contributed by atoms with Gasteiger partial charge in [0.15, 0.2) is 0 Å². The average molecular weight is 257 g/mol. The molecule has 1 saturated heterocycles. The molecule has 0 spiro atoms. The number of piperazine rings is 1. The van der Waals surface area contributed by atoms with Crippen molar-refractivity contribution in [3.05, 3.63) is 29.3 Å². The first kappa shape index (κ1) is 13.6. The van der Waals surface area contributed by atoms with E-state index in [-0.39, 0.29) is 24.4 Å². The van der Waals surface area contributed by atoms with Crippen LogP contribution in [0.5, 0.6) is 0 Å². The van der Waals surface area contributed by atoms with Crippen molar-refractivity contribution in [2.24, 2.45) is 0 Å². The van der Waals surface area contributed by atoms with Gasteiger partial charge in [0.1, 0.15) is 6.04 Å². The number of amides is 1. The second kappa shape index (κ2) is 5.41. The number of hydrogen-bond acceptors (Lipinski definition) is 3. The predicted octanol–water partition coefficient (Wildman–Crippen LogP) is 1.91. The number of nitriles is 1. The highest BCUT2D eigenvalue weighted by Crippen LogP contribution is 2.26. The smallest absolute Gasteiger partial charge is 0.245 e. The Kier molecular flexibility index (Phi) is 3.87. The summed E-state index contributed by atoms with van der Waals surface area (Å²) in [7, 11) is 0. The Balaban J connectivity index is 2.35. The van der Waals surface area contributed by atoms with Crippen molar-refractivity contribution in [3.8, 4) is 6.07 Å². The number of rotatable bonds is 2. The van der Waals surface area contributed by atoms with Gasteiger partial charge in [-0.15, -0.1) is 0 Å². The van der Waals surface area contributed by atoms with E-state index in [0.29, 0.717) is 6.54 Å². The number of benzene rings is 1. The van der Waals surface area contributed by atoms with E-state index in [1.54, 1.807) is 0 Å². The molecule has 2 rings (SSSR count). The van der Waals surface area contributed by atoms with Crippen molar-refractivity contribution in [2.45, 2.75) is 39.3 Å². The maximum absolute atomic E-state index is 12.5. The Labute approximate surface area is 114 Å². The van der Waals surface area contributed by atoms with E-state index in [2.05, 4.69) is 17.5 Å². The van der Waals surface area contributed by atoms with E-state index < -0.39 is 0 Å². The third-order valence-electron chi connectivity index (χ3n) is 3.54. The van der Waals surface area contributed by atoms with Crippen molar-refractivity contribution in [1.82, 2.24) is 5.32 Å². The first-order chi connectivity index (χ1) is 9.04. The molecule has 4 nitrogen and oxygen atoms in total. The summed E-state index contributed by atoms with van der Waals surface area (Å²) in [6.45, 7) is 6.79. The standard InChI is InChI=1S/C15H19N3O/c1-10-4-5-14(11(2)8-10)18-12(3)9-17-13(6-7-16)15(18)19/h4-5,8,12-13,17H,6,9H2,1-3H3. The fraction of sp³-hybridized carbons (Fsp3) is 0.467. The molecular formula is C15H19N3O. The summed E-state index contributed by atoms with van der Waals surface area (Å²) in [6, 6.07) is 7.87. The van der Waals surface area contributed by atoms with Crippen molar-refractivity contribution >= 4 is 11.6 Å². The summed E-state index contributed by atoms with van der Waals surface area (Å²) in [5.41, 5.74) is 3.23. The van der Waals surface area contributed by atoms with Crippen LogP contribution in [0, 0.1) is 25.2 Å². The van der Waals surface area contributed by atoms with Gasteiger partial charge in [-0.25, -0.2) is 0 Å². The highest BCUT2D eigenvalue weighted by Gasteiger charge is 2.34. The van der Waals surface area contributed by atoms with E-state index in [1.165, 1.54) is 5.56 Å². The first-order valence-corrected chi connectivity index (χ1v) is 6.55. The molecule has 19 heavy (non-hydrogen) atoms. The normalized spacial score (nSPS) is 23.3. The number of aryl methyl sites for hydroxylation is 2. The molecule has 1 N–H and O–H groups in total. The fourth-order valence-corrected chi connectivity index (χ4v) is 2.56. The minimum atomic E-state index is -0.387. The van der Waals surface area contributed by atoms with Gasteiger partial charge in [-0.3, -0.25) is 4.79 Å². The lowest BCUT2D eigenvalue weighted by molar-refractivity contribution is -0.122. The first-order valence-electron chi connectivity index (χ1n) is 6.55. The zero-order valence-corrected chi connectivity index (χ0v) is 11.6. The van der Waals surface area contributed by atoms with Gasteiger partial charge in [0.25, 0.3) is 0 Å².